The summed E-state index contributed by atoms with van der Waals surface area (Å²) >= 11 is 5.91. The van der Waals surface area contributed by atoms with Crippen LogP contribution in [-0.2, 0) is 11.3 Å². The van der Waals surface area contributed by atoms with E-state index >= 15 is 0 Å². The summed E-state index contributed by atoms with van der Waals surface area (Å²) in [7, 11) is 0. The Morgan fingerprint density at radius 3 is 2.38 bits per heavy atom. The first-order chi connectivity index (χ1) is 12.4. The molecule has 0 saturated heterocycles. The van der Waals surface area contributed by atoms with E-state index in [1.54, 1.807) is 25.1 Å². The molecule has 1 N–H and O–H groups in total. The number of halogens is 1. The molecular formula is C20H18ClN3O2. The first-order valence-corrected chi connectivity index (χ1v) is 8.51. The van der Waals surface area contributed by atoms with Crippen molar-refractivity contribution in [3.05, 3.63) is 81.1 Å². The fourth-order valence-corrected chi connectivity index (χ4v) is 2.74. The molecule has 6 heteroatoms. The zero-order chi connectivity index (χ0) is 18.7. The summed E-state index contributed by atoms with van der Waals surface area (Å²) in [6, 6.07) is 16.5. The van der Waals surface area contributed by atoms with Gasteiger partial charge in [-0.1, -0.05) is 35.9 Å². The molecule has 0 bridgehead atoms. The van der Waals surface area contributed by atoms with Crippen LogP contribution in [0.3, 0.4) is 0 Å². The minimum absolute atomic E-state index is 0.122. The summed E-state index contributed by atoms with van der Waals surface area (Å²) in [5, 5.41) is 7.87. The van der Waals surface area contributed by atoms with E-state index in [1.165, 1.54) is 11.6 Å². The summed E-state index contributed by atoms with van der Waals surface area (Å²) in [6.45, 7) is 3.61. The van der Waals surface area contributed by atoms with Gasteiger partial charge in [0.15, 0.2) is 0 Å². The Bertz CT molecular complexity index is 993. The van der Waals surface area contributed by atoms with E-state index in [-0.39, 0.29) is 11.5 Å². The molecule has 1 amide bonds. The molecular weight excluding hydrogens is 350 g/mol. The van der Waals surface area contributed by atoms with Crippen molar-refractivity contribution >= 4 is 23.2 Å². The van der Waals surface area contributed by atoms with Crippen LogP contribution in [0.4, 0.5) is 5.69 Å². The lowest BCUT2D eigenvalue weighted by Gasteiger charge is -2.10. The number of amides is 1. The van der Waals surface area contributed by atoms with Crippen LogP contribution in [0, 0.1) is 6.92 Å². The van der Waals surface area contributed by atoms with Crippen LogP contribution >= 0.6 is 11.6 Å². The molecule has 5 nitrogen and oxygen atoms in total. The molecule has 26 heavy (non-hydrogen) atoms. The molecule has 132 valence electrons. The van der Waals surface area contributed by atoms with Gasteiger partial charge in [-0.3, -0.25) is 9.59 Å². The predicted octanol–water partition coefficient (Wildman–Crippen LogP) is 3.88. The molecule has 0 aliphatic carbocycles. The average molecular weight is 368 g/mol. The molecule has 3 rings (SSSR count). The predicted molar refractivity (Wildman–Crippen MR) is 104 cm³/mol. The molecule has 0 aliphatic heterocycles. The van der Waals surface area contributed by atoms with Crippen LogP contribution in [0.25, 0.3) is 11.3 Å². The summed E-state index contributed by atoms with van der Waals surface area (Å²) in [5.74, 6) is -0.122. The van der Waals surface area contributed by atoms with Crippen molar-refractivity contribution in [3.63, 3.8) is 0 Å². The number of nitrogens with one attached hydrogen (secondary N) is 1. The standard InChI is InChI=1S/C20H18ClN3O2/c1-13-11-19(16-5-9-18(10-6-16)22-14(2)25)23-24(20(13)26)12-15-3-7-17(21)8-4-15/h3-11H,12H2,1-2H3,(H,22,25). The minimum atomic E-state index is -0.126. The second-order valence-electron chi connectivity index (χ2n) is 6.06. The Hall–Kier alpha value is -2.92. The summed E-state index contributed by atoms with van der Waals surface area (Å²) in [5.41, 5.74) is 3.72. The largest absolute Gasteiger partial charge is 0.326 e. The zero-order valence-electron chi connectivity index (χ0n) is 14.5. The number of nitrogens with zero attached hydrogens (tertiary/aromatic N) is 2. The van der Waals surface area contributed by atoms with E-state index in [0.29, 0.717) is 28.5 Å². The van der Waals surface area contributed by atoms with Gasteiger partial charge in [-0.25, -0.2) is 4.68 Å². The quantitative estimate of drug-likeness (QED) is 0.761. The molecule has 2 aromatic carbocycles. The molecule has 0 aliphatic rings. The maximum absolute atomic E-state index is 12.4. The molecule has 3 aromatic rings. The van der Waals surface area contributed by atoms with Crippen molar-refractivity contribution < 1.29 is 4.79 Å². The number of hydrogen-bond donors (Lipinski definition) is 1. The van der Waals surface area contributed by atoms with Gasteiger partial charge < -0.3 is 5.32 Å². The van der Waals surface area contributed by atoms with Crippen molar-refractivity contribution in [2.45, 2.75) is 20.4 Å². The van der Waals surface area contributed by atoms with E-state index in [2.05, 4.69) is 10.4 Å². The molecule has 0 spiro atoms. The number of rotatable bonds is 4. The third-order valence-electron chi connectivity index (χ3n) is 3.90. The molecule has 0 fully saturated rings. The topological polar surface area (TPSA) is 64.0 Å². The third kappa shape index (κ3) is 4.18. The lowest BCUT2D eigenvalue weighted by molar-refractivity contribution is -0.114. The second kappa shape index (κ2) is 7.54. The SMILES string of the molecule is CC(=O)Nc1ccc(-c2cc(C)c(=O)n(Cc3ccc(Cl)cc3)n2)cc1. The maximum Gasteiger partial charge on any atom is 0.270 e. The molecule has 0 radical (unpaired) electrons. The van der Waals surface area contributed by atoms with E-state index in [9.17, 15) is 9.59 Å². The fourth-order valence-electron chi connectivity index (χ4n) is 2.61. The van der Waals surface area contributed by atoms with Crippen molar-refractivity contribution in [1.29, 1.82) is 0 Å². The fraction of sp³-hybridized carbons (Fsp3) is 0.150. The number of aromatic nitrogens is 2. The van der Waals surface area contributed by atoms with Crippen molar-refractivity contribution in [3.8, 4) is 11.3 Å². The number of benzene rings is 2. The van der Waals surface area contributed by atoms with Gasteiger partial charge in [-0.15, -0.1) is 0 Å². The van der Waals surface area contributed by atoms with Gasteiger partial charge in [0.2, 0.25) is 5.91 Å². The summed E-state index contributed by atoms with van der Waals surface area (Å²) in [4.78, 5) is 23.5. The van der Waals surface area contributed by atoms with Crippen LogP contribution in [0.5, 0.6) is 0 Å². The highest BCUT2D eigenvalue weighted by molar-refractivity contribution is 6.30. The molecule has 0 saturated carbocycles. The number of carbonyl (C=O) groups excluding carboxylic acids is 1. The highest BCUT2D eigenvalue weighted by Gasteiger charge is 2.08. The number of aryl methyl sites for hydroxylation is 1. The van der Waals surface area contributed by atoms with Gasteiger partial charge in [-0.05, 0) is 42.8 Å². The summed E-state index contributed by atoms with van der Waals surface area (Å²) in [6.07, 6.45) is 0. The highest BCUT2D eigenvalue weighted by Crippen LogP contribution is 2.20. The molecule has 0 unspecified atom stereocenters. The van der Waals surface area contributed by atoms with E-state index in [0.717, 1.165) is 11.1 Å². The number of carbonyl (C=O) groups is 1. The van der Waals surface area contributed by atoms with Crippen LogP contribution in [0.1, 0.15) is 18.1 Å². The van der Waals surface area contributed by atoms with Crippen molar-refractivity contribution in [2.75, 3.05) is 5.32 Å². The van der Waals surface area contributed by atoms with E-state index in [4.69, 9.17) is 11.6 Å². The monoisotopic (exact) mass is 367 g/mol. The molecule has 1 heterocycles. The normalized spacial score (nSPS) is 10.6. The first-order valence-electron chi connectivity index (χ1n) is 8.13. The van der Waals surface area contributed by atoms with Gasteiger partial charge in [0, 0.05) is 28.8 Å². The Labute approximate surface area is 156 Å². The second-order valence-corrected chi connectivity index (χ2v) is 6.50. The van der Waals surface area contributed by atoms with Crippen LogP contribution in [0.15, 0.2) is 59.4 Å². The lowest BCUT2D eigenvalue weighted by Crippen LogP contribution is -2.25. The van der Waals surface area contributed by atoms with Gasteiger partial charge >= 0.3 is 0 Å². The van der Waals surface area contributed by atoms with Gasteiger partial charge in [0.1, 0.15) is 0 Å². The highest BCUT2D eigenvalue weighted by atomic mass is 35.5. The van der Waals surface area contributed by atoms with E-state index < -0.39 is 0 Å². The average Bonchev–Trinajstić information content (AvgIpc) is 2.61. The smallest absolute Gasteiger partial charge is 0.270 e. The zero-order valence-corrected chi connectivity index (χ0v) is 15.2. The number of hydrogen-bond acceptors (Lipinski definition) is 3. The van der Waals surface area contributed by atoms with Crippen molar-refractivity contribution in [1.82, 2.24) is 9.78 Å². The lowest BCUT2D eigenvalue weighted by atomic mass is 10.1. The first kappa shape index (κ1) is 17.9. The van der Waals surface area contributed by atoms with Crippen LogP contribution < -0.4 is 10.9 Å². The van der Waals surface area contributed by atoms with Crippen LogP contribution in [0.2, 0.25) is 5.02 Å². The van der Waals surface area contributed by atoms with Crippen LogP contribution in [-0.4, -0.2) is 15.7 Å². The number of anilines is 1. The van der Waals surface area contributed by atoms with Crippen molar-refractivity contribution in [2.24, 2.45) is 0 Å². The maximum atomic E-state index is 12.4. The Morgan fingerprint density at radius 1 is 1.12 bits per heavy atom. The van der Waals surface area contributed by atoms with Gasteiger partial charge in [0.05, 0.1) is 12.2 Å². The van der Waals surface area contributed by atoms with Gasteiger partial charge in [-0.2, -0.15) is 5.10 Å². The minimum Gasteiger partial charge on any atom is -0.326 e. The van der Waals surface area contributed by atoms with E-state index in [1.807, 2.05) is 36.4 Å². The Morgan fingerprint density at radius 2 is 1.77 bits per heavy atom. The van der Waals surface area contributed by atoms with Gasteiger partial charge in [0.25, 0.3) is 5.56 Å². The Kier molecular flexibility index (Phi) is 5.19. The molecule has 0 atom stereocenters. The third-order valence-corrected chi connectivity index (χ3v) is 4.15. The molecule has 1 aromatic heterocycles. The summed E-state index contributed by atoms with van der Waals surface area (Å²) < 4.78 is 1.45. The Balaban J connectivity index is 1.93.